The smallest absolute Gasteiger partial charge is 0.309 e. The van der Waals surface area contributed by atoms with E-state index in [4.69, 9.17) is 0 Å². The van der Waals surface area contributed by atoms with Crippen molar-refractivity contribution < 1.29 is 24.9 Å². The topological polar surface area (TPSA) is 94.8 Å². The molecule has 5 rings (SSSR count). The summed E-state index contributed by atoms with van der Waals surface area (Å²) in [7, 11) is 0. The number of fused-ring (bicyclic) bond motifs is 3. The van der Waals surface area contributed by atoms with Crippen molar-refractivity contribution in [1.82, 2.24) is 0 Å². The first-order valence-corrected chi connectivity index (χ1v) is 9.38. The van der Waals surface area contributed by atoms with Crippen LogP contribution < -0.4 is 0 Å². The number of carboxylic acids is 2. The fraction of sp³-hybridized carbons (Fsp3) is 0.800. The van der Waals surface area contributed by atoms with Crippen LogP contribution in [0.25, 0.3) is 0 Å². The number of aliphatic carboxylic acids is 2. The second-order valence-electron chi connectivity index (χ2n) is 9.68. The van der Waals surface area contributed by atoms with Gasteiger partial charge in [-0.25, -0.2) is 0 Å². The number of hydrogen-bond acceptors (Lipinski definition) is 3. The number of rotatable bonds is 2. The number of aliphatic hydroxyl groups is 1. The third-order valence-electron chi connectivity index (χ3n) is 8.75. The molecular weight excluding hydrogens is 320 g/mol. The molecule has 7 unspecified atom stereocenters. The van der Waals surface area contributed by atoms with Crippen molar-refractivity contribution in [2.45, 2.75) is 64.4 Å². The Balaban J connectivity index is 1.94. The lowest BCUT2D eigenvalue weighted by Crippen LogP contribution is -2.55. The molecule has 0 heterocycles. The number of carboxylic acid groups (broad SMARTS) is 2. The largest absolute Gasteiger partial charge is 0.481 e. The van der Waals surface area contributed by atoms with Gasteiger partial charge in [-0.1, -0.05) is 19.9 Å². The summed E-state index contributed by atoms with van der Waals surface area (Å²) in [6.45, 7) is 7.91. The van der Waals surface area contributed by atoms with Crippen molar-refractivity contribution in [3.8, 4) is 0 Å². The summed E-state index contributed by atoms with van der Waals surface area (Å²) in [5.74, 6) is -2.77. The van der Waals surface area contributed by atoms with Gasteiger partial charge in [-0.2, -0.15) is 0 Å². The van der Waals surface area contributed by atoms with Crippen molar-refractivity contribution in [1.29, 1.82) is 0 Å². The van der Waals surface area contributed by atoms with Crippen LogP contribution in [0.2, 0.25) is 0 Å². The van der Waals surface area contributed by atoms with Gasteiger partial charge in [0, 0.05) is 0 Å². The summed E-state index contributed by atoms with van der Waals surface area (Å²) in [6.07, 6.45) is 4.45. The minimum absolute atomic E-state index is 0.0503. The van der Waals surface area contributed by atoms with Gasteiger partial charge < -0.3 is 15.3 Å². The summed E-state index contributed by atoms with van der Waals surface area (Å²) in [5.41, 5.74) is -1.98. The number of carbonyl (C=O) groups is 2. The molecule has 0 aromatic heterocycles. The molecule has 1 spiro atoms. The lowest BCUT2D eigenvalue weighted by atomic mass is 9.48. The molecule has 3 N–H and O–H groups in total. The van der Waals surface area contributed by atoms with Crippen LogP contribution >= 0.6 is 0 Å². The predicted octanol–water partition coefficient (Wildman–Crippen LogP) is 3.08. The van der Waals surface area contributed by atoms with E-state index in [0.717, 1.165) is 18.4 Å². The van der Waals surface area contributed by atoms with Crippen LogP contribution in [0.5, 0.6) is 0 Å². The molecule has 0 aliphatic heterocycles. The van der Waals surface area contributed by atoms with Gasteiger partial charge in [0.1, 0.15) is 0 Å². The molecule has 138 valence electrons. The highest BCUT2D eigenvalue weighted by molar-refractivity contribution is 5.79. The van der Waals surface area contributed by atoms with Crippen molar-refractivity contribution in [3.05, 3.63) is 12.2 Å². The van der Waals surface area contributed by atoms with Gasteiger partial charge >= 0.3 is 11.9 Å². The molecule has 5 nitrogen and oxygen atoms in total. The Morgan fingerprint density at radius 1 is 1.12 bits per heavy atom. The minimum Gasteiger partial charge on any atom is -0.481 e. The van der Waals surface area contributed by atoms with Gasteiger partial charge in [0.15, 0.2) is 0 Å². The Morgan fingerprint density at radius 3 is 2.36 bits per heavy atom. The van der Waals surface area contributed by atoms with Crippen molar-refractivity contribution in [2.24, 2.45) is 34.0 Å². The molecule has 5 aliphatic rings. The van der Waals surface area contributed by atoms with E-state index < -0.39 is 40.2 Å². The van der Waals surface area contributed by atoms with Crippen LogP contribution in [-0.4, -0.2) is 32.9 Å². The minimum atomic E-state index is -1.02. The lowest BCUT2D eigenvalue weighted by molar-refractivity contribution is -0.166. The van der Waals surface area contributed by atoms with Crippen molar-refractivity contribution in [3.63, 3.8) is 0 Å². The molecule has 7 atom stereocenters. The second-order valence-corrected chi connectivity index (χ2v) is 9.68. The number of hydrogen-bond donors (Lipinski definition) is 3. The highest BCUT2D eigenvalue weighted by atomic mass is 16.4. The third kappa shape index (κ3) is 1.78. The molecule has 5 aliphatic carbocycles. The maximum Gasteiger partial charge on any atom is 0.309 e. The van der Waals surface area contributed by atoms with Crippen LogP contribution in [0.3, 0.4) is 0 Å². The molecule has 5 saturated carbocycles. The Hall–Kier alpha value is -1.36. The lowest BCUT2D eigenvalue weighted by Gasteiger charge is -2.58. The van der Waals surface area contributed by atoms with Crippen LogP contribution in [0.4, 0.5) is 0 Å². The van der Waals surface area contributed by atoms with E-state index in [-0.39, 0.29) is 11.3 Å². The predicted molar refractivity (Wildman–Crippen MR) is 90.8 cm³/mol. The van der Waals surface area contributed by atoms with E-state index in [9.17, 15) is 24.9 Å². The average Bonchev–Trinajstić information content (AvgIpc) is 2.74. The zero-order valence-corrected chi connectivity index (χ0v) is 15.0. The van der Waals surface area contributed by atoms with Crippen LogP contribution in [0.15, 0.2) is 12.2 Å². The first-order valence-electron chi connectivity index (χ1n) is 9.38. The van der Waals surface area contributed by atoms with Crippen molar-refractivity contribution >= 4 is 11.9 Å². The van der Waals surface area contributed by atoms with Gasteiger partial charge in [0.05, 0.1) is 16.9 Å². The summed E-state index contributed by atoms with van der Waals surface area (Å²) in [5, 5.41) is 31.2. The molecule has 0 aromatic rings. The highest BCUT2D eigenvalue weighted by Gasteiger charge is 2.76. The maximum absolute atomic E-state index is 12.4. The molecule has 5 fully saturated rings. The van der Waals surface area contributed by atoms with Gasteiger partial charge in [0.25, 0.3) is 0 Å². The molecule has 0 amide bonds. The normalized spacial score (nSPS) is 54.0. The standard InChI is InChI=1S/C20H28O5/c1-11-9-19-7-8-20(11,25)10-12(19)17(2)5-4-6-18(3,16(23)24)14(17)13(19)15(21)22/h12-14,25H,1,4-10H2,2-3H3,(H,21,22)(H,23,24). The van der Waals surface area contributed by atoms with Gasteiger partial charge in [-0.05, 0) is 73.7 Å². The quantitative estimate of drug-likeness (QED) is 0.667. The summed E-state index contributed by atoms with van der Waals surface area (Å²) < 4.78 is 0. The zero-order chi connectivity index (χ0) is 18.4. The summed E-state index contributed by atoms with van der Waals surface area (Å²) >= 11 is 0. The van der Waals surface area contributed by atoms with Gasteiger partial charge in [-0.15, -0.1) is 0 Å². The molecule has 2 bridgehead atoms. The van der Waals surface area contributed by atoms with Crippen molar-refractivity contribution in [2.75, 3.05) is 0 Å². The van der Waals surface area contributed by atoms with E-state index >= 15 is 0 Å². The summed E-state index contributed by atoms with van der Waals surface area (Å²) in [6, 6.07) is 0. The third-order valence-corrected chi connectivity index (χ3v) is 8.75. The first-order chi connectivity index (χ1) is 11.5. The van der Waals surface area contributed by atoms with Crippen LogP contribution in [0.1, 0.15) is 58.8 Å². The zero-order valence-electron chi connectivity index (χ0n) is 15.0. The average molecular weight is 348 g/mol. The fourth-order valence-electron chi connectivity index (χ4n) is 7.70. The Labute approximate surface area is 148 Å². The Morgan fingerprint density at radius 2 is 1.80 bits per heavy atom. The molecule has 0 saturated heterocycles. The van der Waals surface area contributed by atoms with Crippen LogP contribution in [-0.2, 0) is 9.59 Å². The highest BCUT2D eigenvalue weighted by Crippen LogP contribution is 2.77. The SMILES string of the molecule is C=C1CC23CCC1(O)CC2C1(C)CCCC(C)(C(=O)O)C1C3C(=O)O. The first kappa shape index (κ1) is 17.1. The molecular formula is C20H28O5. The Kier molecular flexibility index (Phi) is 3.19. The van der Waals surface area contributed by atoms with E-state index in [1.807, 2.05) is 0 Å². The monoisotopic (exact) mass is 348 g/mol. The van der Waals surface area contributed by atoms with Crippen LogP contribution in [0, 0.1) is 34.0 Å². The maximum atomic E-state index is 12.4. The fourth-order valence-corrected chi connectivity index (χ4v) is 7.70. The van der Waals surface area contributed by atoms with Gasteiger partial charge in [-0.3, -0.25) is 9.59 Å². The van der Waals surface area contributed by atoms with Gasteiger partial charge in [0.2, 0.25) is 0 Å². The summed E-state index contributed by atoms with van der Waals surface area (Å²) in [4.78, 5) is 24.7. The molecule has 25 heavy (non-hydrogen) atoms. The molecule has 0 radical (unpaired) electrons. The second kappa shape index (κ2) is 4.67. The van der Waals surface area contributed by atoms with E-state index in [1.165, 1.54) is 0 Å². The van der Waals surface area contributed by atoms with E-state index in [1.54, 1.807) is 6.92 Å². The van der Waals surface area contributed by atoms with E-state index in [2.05, 4.69) is 13.5 Å². The Bertz CT molecular complexity index is 686. The van der Waals surface area contributed by atoms with E-state index in [0.29, 0.717) is 32.1 Å². The molecule has 5 heteroatoms. The molecule has 0 aromatic carbocycles.